The van der Waals surface area contributed by atoms with Crippen LogP contribution in [0.15, 0.2) is 9.81 Å². The van der Waals surface area contributed by atoms with Gasteiger partial charge < -0.3 is 25.3 Å². The van der Waals surface area contributed by atoms with Gasteiger partial charge >= 0.3 is 44.8 Å². The van der Waals surface area contributed by atoms with Crippen LogP contribution in [0.4, 0.5) is 0 Å². The quantitative estimate of drug-likeness (QED) is 0.312. The van der Waals surface area contributed by atoms with Crippen LogP contribution < -0.4 is 0 Å². The Morgan fingerprint density at radius 3 is 1.33 bits per heavy atom. The second-order valence-corrected chi connectivity index (χ2v) is 2.64. The first-order valence-corrected chi connectivity index (χ1v) is 3.28. The van der Waals surface area contributed by atoms with Crippen LogP contribution in [-0.2, 0) is 79.6 Å². The van der Waals surface area contributed by atoms with Crippen molar-refractivity contribution in [2.24, 2.45) is 0 Å². The summed E-state index contributed by atoms with van der Waals surface area (Å²) in [5.41, 5.74) is 0. The van der Waals surface area contributed by atoms with Crippen molar-refractivity contribution in [3.8, 4) is 0 Å². The fourth-order valence-corrected chi connectivity index (χ4v) is 1.04. The minimum absolute atomic E-state index is 0. The van der Waals surface area contributed by atoms with Gasteiger partial charge in [0.2, 0.25) is 11.8 Å². The van der Waals surface area contributed by atoms with E-state index >= 15 is 0 Å². The topological polar surface area (TPSA) is 37.4 Å². The number of imide groups is 1. The van der Waals surface area contributed by atoms with Crippen LogP contribution >= 0.6 is 0 Å². The molecule has 74 valence electrons. The average Bonchev–Trinajstić information content (AvgIpc) is 2.07. The molecule has 1 aliphatic rings. The van der Waals surface area contributed by atoms with Gasteiger partial charge in [-0.2, -0.15) is 0 Å². The normalized spacial score (nSPS) is 15.9. The van der Waals surface area contributed by atoms with Crippen LogP contribution in [0, 0.1) is 0 Å². The largest absolute Gasteiger partial charge is 1.00 e. The summed E-state index contributed by atoms with van der Waals surface area (Å²) in [6.45, 7) is 0. The summed E-state index contributed by atoms with van der Waals surface area (Å²) in [6.07, 6.45) is 0. The molecule has 0 aromatic rings. The molecule has 0 N–H and O–H groups in total. The van der Waals surface area contributed by atoms with E-state index in [1.54, 1.807) is 0 Å². The van der Waals surface area contributed by atoms with Crippen LogP contribution in [0.5, 0.6) is 0 Å². The SMILES string of the molecule is CN1C(=O)C([S-])=C([S-])C1=O.[Ag+].[Ag+]. The maximum absolute atomic E-state index is 10.8. The Morgan fingerprint density at radius 1 is 1.00 bits per heavy atom. The second kappa shape index (κ2) is 5.51. The third-order valence-electron chi connectivity index (χ3n) is 1.20. The van der Waals surface area contributed by atoms with Crippen molar-refractivity contribution in [3.05, 3.63) is 9.81 Å². The van der Waals surface area contributed by atoms with Gasteiger partial charge in [-0.1, -0.05) is 0 Å². The Kier molecular flexibility index (Phi) is 7.02. The van der Waals surface area contributed by atoms with Gasteiger partial charge in [0.15, 0.2) is 0 Å². The zero-order valence-corrected chi connectivity index (χ0v) is 10.3. The molecule has 0 unspecified atom stereocenters. The summed E-state index contributed by atoms with van der Waals surface area (Å²) in [6, 6.07) is 0. The van der Waals surface area contributed by atoms with Crippen molar-refractivity contribution in [2.45, 2.75) is 0 Å². The van der Waals surface area contributed by atoms with Crippen LogP contribution in [0.25, 0.3) is 0 Å². The third kappa shape index (κ3) is 2.40. The number of likely N-dealkylation sites (N-methyl/N-ethyl adjacent to an activating group) is 1. The number of hydrogen-bond donors (Lipinski definition) is 0. The number of amides is 2. The van der Waals surface area contributed by atoms with E-state index in [0.29, 0.717) is 0 Å². The fraction of sp³-hybridized carbons (Fsp3) is 0.200. The Hall–Kier alpha value is 0.801. The predicted molar refractivity (Wildman–Crippen MR) is 39.5 cm³/mol. The van der Waals surface area contributed by atoms with Crippen molar-refractivity contribution in [1.82, 2.24) is 4.90 Å². The van der Waals surface area contributed by atoms with Crippen molar-refractivity contribution in [2.75, 3.05) is 7.05 Å². The molecule has 3 nitrogen and oxygen atoms in total. The maximum atomic E-state index is 10.8. The van der Waals surface area contributed by atoms with Gasteiger partial charge in [0.1, 0.15) is 0 Å². The Morgan fingerprint density at radius 2 is 1.25 bits per heavy atom. The van der Waals surface area contributed by atoms with Gasteiger partial charge in [-0.05, 0) is 0 Å². The number of nitrogens with zero attached hydrogens (tertiary/aromatic N) is 1. The molecular weight excluding hydrogens is 386 g/mol. The molecule has 1 rings (SSSR count). The first-order chi connectivity index (χ1) is 4.55. The van der Waals surface area contributed by atoms with Crippen molar-refractivity contribution in [3.63, 3.8) is 0 Å². The van der Waals surface area contributed by atoms with Gasteiger partial charge in [0, 0.05) is 7.05 Å². The van der Waals surface area contributed by atoms with Gasteiger partial charge in [-0.3, -0.25) is 14.5 Å². The molecule has 0 aromatic carbocycles. The van der Waals surface area contributed by atoms with Crippen LogP contribution in [0.3, 0.4) is 0 Å². The summed E-state index contributed by atoms with van der Waals surface area (Å²) in [5, 5.41) is 0. The average molecular weight is 389 g/mol. The number of carbonyl (C=O) groups excluding carboxylic acids is 2. The molecule has 1 aliphatic heterocycles. The smallest absolute Gasteiger partial charge is 0.776 e. The zero-order valence-electron chi connectivity index (χ0n) is 5.68. The molecule has 0 spiro atoms. The third-order valence-corrected chi connectivity index (χ3v) is 2.09. The van der Waals surface area contributed by atoms with E-state index < -0.39 is 11.8 Å². The van der Waals surface area contributed by atoms with E-state index in [9.17, 15) is 9.59 Å². The predicted octanol–water partition coefficient (Wildman–Crippen LogP) is -0.715. The fourth-order valence-electron chi connectivity index (χ4n) is 0.591. The minimum atomic E-state index is -0.468. The Labute approximate surface area is 112 Å². The zero-order chi connectivity index (χ0) is 7.89. The van der Waals surface area contributed by atoms with Crippen molar-refractivity contribution < 1.29 is 54.3 Å². The molecule has 7 heteroatoms. The van der Waals surface area contributed by atoms with E-state index in [1.165, 1.54) is 7.05 Å². The molecule has 12 heavy (non-hydrogen) atoms. The van der Waals surface area contributed by atoms with E-state index in [-0.39, 0.29) is 54.6 Å². The van der Waals surface area contributed by atoms with Crippen molar-refractivity contribution >= 4 is 37.1 Å². The molecule has 0 saturated heterocycles. The summed E-state index contributed by atoms with van der Waals surface area (Å²) in [5.74, 6) is -0.935. The summed E-state index contributed by atoms with van der Waals surface area (Å²) < 4.78 is 0. The summed E-state index contributed by atoms with van der Waals surface area (Å²) >= 11 is 9.13. The number of hydrogen-bond acceptors (Lipinski definition) is 4. The maximum Gasteiger partial charge on any atom is 1.00 e. The van der Waals surface area contributed by atoms with Crippen LogP contribution in [0.2, 0.25) is 0 Å². The molecule has 0 fully saturated rings. The van der Waals surface area contributed by atoms with Gasteiger partial charge in [-0.25, -0.2) is 0 Å². The molecule has 0 bridgehead atoms. The summed E-state index contributed by atoms with van der Waals surface area (Å²) in [7, 11) is 1.36. The summed E-state index contributed by atoms with van der Waals surface area (Å²) in [4.78, 5) is 22.4. The van der Waals surface area contributed by atoms with E-state index in [0.717, 1.165) is 4.90 Å². The van der Waals surface area contributed by atoms with Crippen LogP contribution in [0.1, 0.15) is 0 Å². The Balaban J connectivity index is 0. The van der Waals surface area contributed by atoms with E-state index in [1.807, 2.05) is 0 Å². The molecule has 2 amide bonds. The molecular formula is C5H3Ag2NO2S2. The monoisotopic (exact) mass is 387 g/mol. The molecule has 0 atom stereocenters. The Bertz CT molecular complexity index is 230. The molecule has 0 aromatic heterocycles. The molecule has 0 aliphatic carbocycles. The van der Waals surface area contributed by atoms with Gasteiger partial charge in [0.05, 0.1) is 0 Å². The first kappa shape index (κ1) is 15.3. The van der Waals surface area contributed by atoms with Crippen LogP contribution in [-0.4, -0.2) is 23.8 Å². The van der Waals surface area contributed by atoms with Crippen molar-refractivity contribution in [1.29, 1.82) is 0 Å². The second-order valence-electron chi connectivity index (χ2n) is 1.83. The molecule has 0 saturated carbocycles. The number of carbonyl (C=O) groups is 2. The van der Waals surface area contributed by atoms with Gasteiger partial charge in [-0.15, -0.1) is 9.81 Å². The minimum Gasteiger partial charge on any atom is -0.776 e. The number of rotatable bonds is 0. The molecule has 1 heterocycles. The standard InChI is InChI=1S/C5H5NO2S2.2Ag/c1-6-4(7)2(9)3(10)5(6)8;;/h9-10H,1H3;;/q;2*+1/p-2. The first-order valence-electron chi connectivity index (χ1n) is 2.46. The van der Waals surface area contributed by atoms with Gasteiger partial charge in [0.25, 0.3) is 0 Å². The van der Waals surface area contributed by atoms with E-state index in [2.05, 4.69) is 25.3 Å². The molecule has 0 radical (unpaired) electrons. The van der Waals surface area contributed by atoms with E-state index in [4.69, 9.17) is 0 Å².